The number of hydrogen-bond acceptors (Lipinski definition) is 5. The highest BCUT2D eigenvalue weighted by Crippen LogP contribution is 2.25. The van der Waals surface area contributed by atoms with Crippen molar-refractivity contribution >= 4 is 34.3 Å². The van der Waals surface area contributed by atoms with Gasteiger partial charge in [-0.15, -0.1) is 0 Å². The van der Waals surface area contributed by atoms with Crippen LogP contribution in [0.1, 0.15) is 10.4 Å². The fourth-order valence-corrected chi connectivity index (χ4v) is 2.90. The van der Waals surface area contributed by atoms with Crippen LogP contribution in [-0.2, 0) is 0 Å². The third-order valence-corrected chi connectivity index (χ3v) is 4.22. The molecular formula is C13H15ClN2O2S. The van der Waals surface area contributed by atoms with Gasteiger partial charge >= 0.3 is 0 Å². The standard InChI is InChI=1S/C13H15ClN2O2S/c1-16-6-5-15-13(16)19-8-11(17)9-3-4-12(18-2)10(14)7-9/h3-4,7H,5-6,8H2,1-2H3. The summed E-state index contributed by atoms with van der Waals surface area (Å²) in [7, 11) is 3.53. The lowest BCUT2D eigenvalue weighted by Crippen LogP contribution is -2.21. The Morgan fingerprint density at radius 3 is 2.95 bits per heavy atom. The van der Waals surface area contributed by atoms with Gasteiger partial charge in [-0.2, -0.15) is 0 Å². The van der Waals surface area contributed by atoms with Crippen LogP contribution in [0.25, 0.3) is 0 Å². The average molecular weight is 299 g/mol. The average Bonchev–Trinajstić information content (AvgIpc) is 2.81. The molecule has 0 radical (unpaired) electrons. The van der Waals surface area contributed by atoms with Crippen molar-refractivity contribution in [3.63, 3.8) is 0 Å². The molecule has 0 aliphatic carbocycles. The lowest BCUT2D eigenvalue weighted by atomic mass is 10.1. The zero-order valence-electron chi connectivity index (χ0n) is 10.9. The van der Waals surface area contributed by atoms with Gasteiger partial charge < -0.3 is 9.64 Å². The van der Waals surface area contributed by atoms with Gasteiger partial charge in [-0.3, -0.25) is 9.79 Å². The molecule has 1 aromatic carbocycles. The molecular weight excluding hydrogens is 284 g/mol. The van der Waals surface area contributed by atoms with E-state index in [0.29, 0.717) is 22.1 Å². The van der Waals surface area contributed by atoms with Gasteiger partial charge in [0.15, 0.2) is 11.0 Å². The molecule has 1 aliphatic rings. The van der Waals surface area contributed by atoms with Gasteiger partial charge in [0.1, 0.15) is 5.75 Å². The Balaban J connectivity index is 1.98. The van der Waals surface area contributed by atoms with E-state index in [4.69, 9.17) is 16.3 Å². The zero-order chi connectivity index (χ0) is 13.8. The Bertz CT molecular complexity index is 519. The number of nitrogens with zero attached hydrogens (tertiary/aromatic N) is 2. The number of amidine groups is 1. The molecule has 0 amide bonds. The van der Waals surface area contributed by atoms with E-state index >= 15 is 0 Å². The van der Waals surface area contributed by atoms with Gasteiger partial charge in [-0.05, 0) is 18.2 Å². The SMILES string of the molecule is COc1ccc(C(=O)CSC2=NCCN2C)cc1Cl. The van der Waals surface area contributed by atoms with Crippen molar-refractivity contribution < 1.29 is 9.53 Å². The number of aliphatic imine (C=N–C) groups is 1. The monoisotopic (exact) mass is 298 g/mol. The summed E-state index contributed by atoms with van der Waals surface area (Å²) in [5.41, 5.74) is 0.597. The number of ketones is 1. The van der Waals surface area contributed by atoms with Crippen molar-refractivity contribution in [1.82, 2.24) is 4.90 Å². The smallest absolute Gasteiger partial charge is 0.173 e. The number of likely N-dealkylation sites (N-methyl/N-ethyl adjacent to an activating group) is 1. The van der Waals surface area contributed by atoms with Crippen LogP contribution in [0.4, 0.5) is 0 Å². The maximum Gasteiger partial charge on any atom is 0.173 e. The van der Waals surface area contributed by atoms with Crippen molar-refractivity contribution in [3.8, 4) is 5.75 Å². The van der Waals surface area contributed by atoms with Crippen LogP contribution in [0.2, 0.25) is 5.02 Å². The van der Waals surface area contributed by atoms with Gasteiger partial charge in [-0.25, -0.2) is 0 Å². The number of methoxy groups -OCH3 is 1. The maximum atomic E-state index is 12.1. The second-order valence-electron chi connectivity index (χ2n) is 4.15. The summed E-state index contributed by atoms with van der Waals surface area (Å²) >= 11 is 7.47. The van der Waals surface area contributed by atoms with Crippen LogP contribution >= 0.6 is 23.4 Å². The highest BCUT2D eigenvalue weighted by molar-refractivity contribution is 8.14. The number of benzene rings is 1. The number of hydrogen-bond donors (Lipinski definition) is 0. The molecule has 0 spiro atoms. The van der Waals surface area contributed by atoms with Crippen LogP contribution in [0, 0.1) is 0 Å². The van der Waals surface area contributed by atoms with Crippen LogP contribution < -0.4 is 4.74 Å². The molecule has 102 valence electrons. The molecule has 0 bridgehead atoms. The Labute approximate surface area is 121 Å². The summed E-state index contributed by atoms with van der Waals surface area (Å²) in [4.78, 5) is 18.5. The molecule has 2 rings (SSSR count). The first-order valence-electron chi connectivity index (χ1n) is 5.87. The van der Waals surface area contributed by atoms with Crippen molar-refractivity contribution in [2.24, 2.45) is 4.99 Å². The zero-order valence-corrected chi connectivity index (χ0v) is 12.4. The Kier molecular flexibility index (Phi) is 4.71. The number of carbonyl (C=O) groups excluding carboxylic acids is 1. The van der Waals surface area contributed by atoms with Crippen molar-refractivity contribution in [2.45, 2.75) is 0 Å². The van der Waals surface area contributed by atoms with Gasteiger partial charge in [0, 0.05) is 19.2 Å². The third kappa shape index (κ3) is 3.42. The number of ether oxygens (including phenoxy) is 1. The lowest BCUT2D eigenvalue weighted by Gasteiger charge is -2.12. The number of thioether (sulfide) groups is 1. The van der Waals surface area contributed by atoms with E-state index in [-0.39, 0.29) is 5.78 Å². The molecule has 1 heterocycles. The summed E-state index contributed by atoms with van der Waals surface area (Å²) in [5, 5.41) is 1.38. The molecule has 0 fully saturated rings. The van der Waals surface area contributed by atoms with E-state index in [1.807, 2.05) is 7.05 Å². The minimum atomic E-state index is 0.0394. The Hall–Kier alpha value is -1.20. The van der Waals surface area contributed by atoms with Crippen molar-refractivity contribution in [2.75, 3.05) is 33.0 Å². The van der Waals surface area contributed by atoms with Gasteiger partial charge in [0.2, 0.25) is 0 Å². The summed E-state index contributed by atoms with van der Waals surface area (Å²) in [6.45, 7) is 1.73. The fraction of sp³-hybridized carbons (Fsp3) is 0.385. The van der Waals surface area contributed by atoms with Crippen LogP contribution in [0.15, 0.2) is 23.2 Å². The summed E-state index contributed by atoms with van der Waals surface area (Å²) in [5.74, 6) is 0.981. The predicted octanol–water partition coefficient (Wildman–Crippen LogP) is 2.57. The number of Topliss-reactive ketones (excluding diaryl/α,β-unsaturated/α-hetero) is 1. The van der Waals surface area contributed by atoms with E-state index in [2.05, 4.69) is 9.89 Å². The highest BCUT2D eigenvalue weighted by Gasteiger charge is 2.16. The molecule has 0 saturated carbocycles. The largest absolute Gasteiger partial charge is 0.495 e. The molecule has 0 atom stereocenters. The molecule has 0 N–H and O–H groups in total. The molecule has 1 aliphatic heterocycles. The van der Waals surface area contributed by atoms with Crippen molar-refractivity contribution in [3.05, 3.63) is 28.8 Å². The van der Waals surface area contributed by atoms with Crippen LogP contribution in [0.3, 0.4) is 0 Å². The van der Waals surface area contributed by atoms with E-state index in [9.17, 15) is 4.79 Å². The molecule has 19 heavy (non-hydrogen) atoms. The minimum absolute atomic E-state index is 0.0394. The summed E-state index contributed by atoms with van der Waals surface area (Å²) < 4.78 is 5.06. The highest BCUT2D eigenvalue weighted by atomic mass is 35.5. The first-order valence-corrected chi connectivity index (χ1v) is 7.23. The van der Waals surface area contributed by atoms with E-state index in [1.54, 1.807) is 25.3 Å². The molecule has 4 nitrogen and oxygen atoms in total. The normalized spacial score (nSPS) is 14.5. The molecule has 6 heteroatoms. The lowest BCUT2D eigenvalue weighted by molar-refractivity contribution is 0.102. The van der Waals surface area contributed by atoms with E-state index in [0.717, 1.165) is 18.3 Å². The van der Waals surface area contributed by atoms with E-state index < -0.39 is 0 Å². The molecule has 0 unspecified atom stereocenters. The van der Waals surface area contributed by atoms with Crippen molar-refractivity contribution in [1.29, 1.82) is 0 Å². The predicted molar refractivity (Wildman–Crippen MR) is 79.7 cm³/mol. The third-order valence-electron chi connectivity index (χ3n) is 2.82. The second-order valence-corrected chi connectivity index (χ2v) is 5.50. The number of halogens is 1. The van der Waals surface area contributed by atoms with Crippen LogP contribution in [-0.4, -0.2) is 48.9 Å². The van der Waals surface area contributed by atoms with Gasteiger partial charge in [0.25, 0.3) is 0 Å². The molecule has 1 aromatic rings. The minimum Gasteiger partial charge on any atom is -0.495 e. The fourth-order valence-electron chi connectivity index (χ4n) is 1.72. The topological polar surface area (TPSA) is 41.9 Å². The quantitative estimate of drug-likeness (QED) is 0.801. The maximum absolute atomic E-state index is 12.1. The van der Waals surface area contributed by atoms with Crippen LogP contribution in [0.5, 0.6) is 5.75 Å². The Morgan fingerprint density at radius 1 is 1.58 bits per heavy atom. The summed E-state index contributed by atoms with van der Waals surface area (Å²) in [6.07, 6.45) is 0. The van der Waals surface area contributed by atoms with Gasteiger partial charge in [-0.1, -0.05) is 23.4 Å². The summed E-state index contributed by atoms with van der Waals surface area (Å²) in [6, 6.07) is 5.08. The number of rotatable bonds is 4. The first kappa shape index (κ1) is 14.2. The van der Waals surface area contributed by atoms with E-state index in [1.165, 1.54) is 11.8 Å². The molecule has 0 aromatic heterocycles. The number of carbonyl (C=O) groups is 1. The molecule has 0 saturated heterocycles. The second kappa shape index (κ2) is 6.30. The first-order chi connectivity index (χ1) is 9.11. The van der Waals surface area contributed by atoms with Gasteiger partial charge in [0.05, 0.1) is 24.4 Å². The Morgan fingerprint density at radius 2 is 2.37 bits per heavy atom.